The molecule has 1 saturated carbocycles. The summed E-state index contributed by atoms with van der Waals surface area (Å²) in [5.74, 6) is 2.61. The highest BCUT2D eigenvalue weighted by Crippen LogP contribution is 2.42. The topological polar surface area (TPSA) is 30.5 Å². The van der Waals surface area contributed by atoms with E-state index >= 15 is 0 Å². The van der Waals surface area contributed by atoms with E-state index in [1.807, 2.05) is 0 Å². The lowest BCUT2D eigenvalue weighted by Gasteiger charge is -2.18. The van der Waals surface area contributed by atoms with Crippen LogP contribution in [0, 0.1) is 17.8 Å². The van der Waals surface area contributed by atoms with E-state index < -0.39 is 0 Å². The van der Waals surface area contributed by atoms with E-state index in [0.29, 0.717) is 13.2 Å². The van der Waals surface area contributed by atoms with Gasteiger partial charge < -0.3 is 14.8 Å². The van der Waals surface area contributed by atoms with Crippen molar-refractivity contribution in [3.05, 3.63) is 12.2 Å². The van der Waals surface area contributed by atoms with Crippen LogP contribution in [0.3, 0.4) is 0 Å². The second-order valence-corrected chi connectivity index (χ2v) is 4.85. The quantitative estimate of drug-likeness (QED) is 0.501. The van der Waals surface area contributed by atoms with Crippen LogP contribution in [-0.2, 0) is 9.47 Å². The van der Waals surface area contributed by atoms with E-state index in [9.17, 15) is 0 Å². The van der Waals surface area contributed by atoms with Gasteiger partial charge in [0, 0.05) is 13.7 Å². The summed E-state index contributed by atoms with van der Waals surface area (Å²) < 4.78 is 10.3. The summed E-state index contributed by atoms with van der Waals surface area (Å²) in [6.45, 7) is 4.30. The zero-order valence-electron chi connectivity index (χ0n) is 10.2. The van der Waals surface area contributed by atoms with Crippen LogP contribution in [0.4, 0.5) is 0 Å². The Kier molecular flexibility index (Phi) is 4.82. The molecule has 1 fully saturated rings. The summed E-state index contributed by atoms with van der Waals surface area (Å²) in [5.41, 5.74) is 0. The Bertz CT molecular complexity index is 230. The van der Waals surface area contributed by atoms with Crippen molar-refractivity contribution < 1.29 is 9.47 Å². The minimum absolute atomic E-state index is 0.692. The zero-order valence-corrected chi connectivity index (χ0v) is 10.2. The average molecular weight is 225 g/mol. The summed E-state index contributed by atoms with van der Waals surface area (Å²) in [4.78, 5) is 0. The fraction of sp³-hybridized carbons (Fsp3) is 0.846. The summed E-state index contributed by atoms with van der Waals surface area (Å²) in [6.07, 6.45) is 7.60. The molecule has 3 nitrogen and oxygen atoms in total. The monoisotopic (exact) mass is 225 g/mol. The van der Waals surface area contributed by atoms with Gasteiger partial charge >= 0.3 is 0 Å². The van der Waals surface area contributed by atoms with Gasteiger partial charge in [-0.25, -0.2) is 0 Å². The van der Waals surface area contributed by atoms with E-state index in [4.69, 9.17) is 9.47 Å². The van der Waals surface area contributed by atoms with Gasteiger partial charge in [-0.3, -0.25) is 0 Å². The van der Waals surface area contributed by atoms with E-state index in [1.54, 1.807) is 7.11 Å². The second kappa shape index (κ2) is 6.38. The molecular formula is C13H23NO2. The molecule has 0 aromatic heterocycles. The fourth-order valence-corrected chi connectivity index (χ4v) is 2.81. The lowest BCUT2D eigenvalue weighted by atomic mass is 9.94. The van der Waals surface area contributed by atoms with Crippen LogP contribution in [0.1, 0.15) is 12.8 Å². The van der Waals surface area contributed by atoms with Gasteiger partial charge in [-0.05, 0) is 37.1 Å². The van der Waals surface area contributed by atoms with Crippen molar-refractivity contribution >= 4 is 0 Å². The average Bonchev–Trinajstić information content (AvgIpc) is 2.90. The number of allylic oxidation sites excluding steroid dienone is 2. The number of hydrogen-bond donors (Lipinski definition) is 1. The number of rotatable bonds is 8. The predicted molar refractivity (Wildman–Crippen MR) is 64.4 cm³/mol. The number of ether oxygens (including phenoxy) is 2. The minimum Gasteiger partial charge on any atom is -0.382 e. The molecule has 0 heterocycles. The molecule has 0 radical (unpaired) electrons. The maximum absolute atomic E-state index is 5.40. The molecule has 3 atom stereocenters. The molecule has 2 aliphatic rings. The third-order valence-corrected chi connectivity index (χ3v) is 3.68. The summed E-state index contributed by atoms with van der Waals surface area (Å²) in [6, 6.07) is 0. The smallest absolute Gasteiger partial charge is 0.0700 e. The molecular weight excluding hydrogens is 202 g/mol. The first-order valence-corrected chi connectivity index (χ1v) is 6.36. The van der Waals surface area contributed by atoms with Crippen LogP contribution in [0.25, 0.3) is 0 Å². The summed E-state index contributed by atoms with van der Waals surface area (Å²) in [7, 11) is 1.70. The van der Waals surface area contributed by atoms with E-state index in [1.165, 1.54) is 12.8 Å². The van der Waals surface area contributed by atoms with Crippen LogP contribution < -0.4 is 5.32 Å². The maximum atomic E-state index is 5.40. The Morgan fingerprint density at radius 3 is 2.81 bits per heavy atom. The van der Waals surface area contributed by atoms with Gasteiger partial charge in [0.2, 0.25) is 0 Å². The van der Waals surface area contributed by atoms with Crippen molar-refractivity contribution in [1.82, 2.24) is 5.32 Å². The first-order chi connectivity index (χ1) is 7.90. The second-order valence-electron chi connectivity index (χ2n) is 4.85. The number of hydrogen-bond acceptors (Lipinski definition) is 3. The standard InChI is InChI=1S/C13H23NO2/c1-15-6-7-16-5-4-14-10-13-9-11-2-3-12(13)8-11/h2-3,11-14H,4-10H2,1H3. The van der Waals surface area contributed by atoms with Crippen molar-refractivity contribution in [1.29, 1.82) is 0 Å². The molecule has 2 aliphatic carbocycles. The number of fused-ring (bicyclic) bond motifs is 2. The van der Waals surface area contributed by atoms with Gasteiger partial charge in [-0.15, -0.1) is 0 Å². The molecule has 0 spiro atoms. The van der Waals surface area contributed by atoms with Crippen molar-refractivity contribution in [2.75, 3.05) is 40.0 Å². The van der Waals surface area contributed by atoms with Gasteiger partial charge in [0.15, 0.2) is 0 Å². The fourth-order valence-electron chi connectivity index (χ4n) is 2.81. The summed E-state index contributed by atoms with van der Waals surface area (Å²) in [5, 5.41) is 3.49. The molecule has 0 aromatic rings. The maximum Gasteiger partial charge on any atom is 0.0700 e. The summed E-state index contributed by atoms with van der Waals surface area (Å²) >= 11 is 0. The van der Waals surface area contributed by atoms with Crippen LogP contribution >= 0.6 is 0 Å². The SMILES string of the molecule is COCCOCCNCC1CC2C=CC1C2. The van der Waals surface area contributed by atoms with Gasteiger partial charge in [0.25, 0.3) is 0 Å². The van der Waals surface area contributed by atoms with Crippen molar-refractivity contribution in [2.24, 2.45) is 17.8 Å². The van der Waals surface area contributed by atoms with Gasteiger partial charge in [0.1, 0.15) is 0 Å². The largest absolute Gasteiger partial charge is 0.382 e. The highest BCUT2D eigenvalue weighted by molar-refractivity contribution is 5.10. The molecule has 2 rings (SSSR count). The molecule has 0 aromatic carbocycles. The third kappa shape index (κ3) is 3.30. The molecule has 3 heteroatoms. The van der Waals surface area contributed by atoms with Gasteiger partial charge in [-0.1, -0.05) is 12.2 Å². The molecule has 3 unspecified atom stereocenters. The molecule has 0 amide bonds. The van der Waals surface area contributed by atoms with Crippen molar-refractivity contribution in [2.45, 2.75) is 12.8 Å². The Morgan fingerprint density at radius 1 is 1.19 bits per heavy atom. The van der Waals surface area contributed by atoms with E-state index in [0.717, 1.165) is 37.5 Å². The molecule has 0 saturated heterocycles. The molecule has 16 heavy (non-hydrogen) atoms. The molecule has 0 aliphatic heterocycles. The number of methoxy groups -OCH3 is 1. The molecule has 1 N–H and O–H groups in total. The third-order valence-electron chi connectivity index (χ3n) is 3.68. The van der Waals surface area contributed by atoms with E-state index in [2.05, 4.69) is 17.5 Å². The normalized spacial score (nSPS) is 31.4. The minimum atomic E-state index is 0.692. The van der Waals surface area contributed by atoms with Crippen LogP contribution in [0.5, 0.6) is 0 Å². The van der Waals surface area contributed by atoms with Gasteiger partial charge in [0.05, 0.1) is 19.8 Å². The van der Waals surface area contributed by atoms with Crippen LogP contribution in [0.2, 0.25) is 0 Å². The molecule has 92 valence electrons. The highest BCUT2D eigenvalue weighted by atomic mass is 16.5. The lowest BCUT2D eigenvalue weighted by molar-refractivity contribution is 0.0716. The lowest BCUT2D eigenvalue weighted by Crippen LogP contribution is -2.28. The van der Waals surface area contributed by atoms with Crippen LogP contribution in [-0.4, -0.2) is 40.0 Å². The van der Waals surface area contributed by atoms with Gasteiger partial charge in [-0.2, -0.15) is 0 Å². The molecule has 2 bridgehead atoms. The Hall–Kier alpha value is -0.380. The highest BCUT2D eigenvalue weighted by Gasteiger charge is 2.34. The van der Waals surface area contributed by atoms with Crippen LogP contribution in [0.15, 0.2) is 12.2 Å². The van der Waals surface area contributed by atoms with Crippen molar-refractivity contribution in [3.8, 4) is 0 Å². The zero-order chi connectivity index (χ0) is 11.2. The Labute approximate surface area is 98.2 Å². The predicted octanol–water partition coefficient (Wildman–Crippen LogP) is 1.45. The Balaban J connectivity index is 1.45. The Morgan fingerprint density at radius 2 is 2.12 bits per heavy atom. The number of nitrogens with one attached hydrogen (secondary N) is 1. The first kappa shape index (κ1) is 12.1. The van der Waals surface area contributed by atoms with E-state index in [-0.39, 0.29) is 0 Å². The first-order valence-electron chi connectivity index (χ1n) is 6.36. The van der Waals surface area contributed by atoms with Crippen molar-refractivity contribution in [3.63, 3.8) is 0 Å².